The van der Waals surface area contributed by atoms with Crippen LogP contribution in [0.2, 0.25) is 0 Å². The maximum Gasteiger partial charge on any atom is 0.436 e. The molecule has 1 aliphatic carbocycles. The zero-order chi connectivity index (χ0) is 25.6. The van der Waals surface area contributed by atoms with Crippen molar-refractivity contribution in [2.24, 2.45) is 0 Å². The lowest BCUT2D eigenvalue weighted by Gasteiger charge is -2.50. The van der Waals surface area contributed by atoms with Crippen LogP contribution in [-0.2, 0) is 4.84 Å². The van der Waals surface area contributed by atoms with Crippen LogP contribution in [0.1, 0.15) is 22.3 Å². The Labute approximate surface area is 215 Å². The van der Waals surface area contributed by atoms with Crippen LogP contribution >= 0.6 is 0 Å². The van der Waals surface area contributed by atoms with E-state index in [1.54, 1.807) is 11.0 Å². The summed E-state index contributed by atoms with van der Waals surface area (Å²) < 4.78 is 0. The fourth-order valence-corrected chi connectivity index (χ4v) is 5.12. The predicted molar refractivity (Wildman–Crippen MR) is 145 cm³/mol. The van der Waals surface area contributed by atoms with Gasteiger partial charge in [0.1, 0.15) is 0 Å². The van der Waals surface area contributed by atoms with Gasteiger partial charge in [-0.2, -0.15) is 0 Å². The number of nitrogens with one attached hydrogen (secondary N) is 1. The van der Waals surface area contributed by atoms with Crippen molar-refractivity contribution in [1.82, 2.24) is 5.06 Å². The maximum atomic E-state index is 13.6. The molecule has 1 saturated heterocycles. The normalized spacial score (nSPS) is 15.5. The number of hydrogen-bond acceptors (Lipinski definition) is 3. The third kappa shape index (κ3) is 3.65. The van der Waals surface area contributed by atoms with Gasteiger partial charge in [-0.25, -0.2) is 9.59 Å². The molecule has 0 aromatic heterocycles. The van der Waals surface area contributed by atoms with E-state index >= 15 is 0 Å². The lowest BCUT2D eigenvalue weighted by atomic mass is 10.0. The second kappa shape index (κ2) is 8.68. The molecule has 4 aromatic rings. The van der Waals surface area contributed by atoms with E-state index in [1.165, 1.54) is 5.06 Å². The molecule has 6 heteroatoms. The number of rotatable bonds is 5. The number of urea groups is 1. The summed E-state index contributed by atoms with van der Waals surface area (Å²) in [6, 6.07) is 34.6. The number of anilines is 2. The van der Waals surface area contributed by atoms with E-state index in [2.05, 4.69) is 5.32 Å². The maximum absolute atomic E-state index is 13.6. The Hall–Kier alpha value is -4.84. The number of carbonyl (C=O) groups is 2. The van der Waals surface area contributed by atoms with Gasteiger partial charge in [-0.3, -0.25) is 10.2 Å². The molecule has 4 aromatic carbocycles. The fourth-order valence-electron chi connectivity index (χ4n) is 5.12. The van der Waals surface area contributed by atoms with Crippen molar-refractivity contribution < 1.29 is 14.4 Å². The minimum absolute atomic E-state index is 0.413. The van der Waals surface area contributed by atoms with Crippen molar-refractivity contribution in [3.05, 3.63) is 131 Å². The molecule has 0 saturated carbocycles. The number of hydrogen-bond donors (Lipinski definition) is 1. The van der Waals surface area contributed by atoms with Gasteiger partial charge in [-0.05, 0) is 60.4 Å². The highest BCUT2D eigenvalue weighted by molar-refractivity contribution is 6.29. The fraction of sp³-hybridized carbons (Fsp3) is 0.0968. The number of benzene rings is 4. The van der Waals surface area contributed by atoms with Crippen molar-refractivity contribution in [3.63, 3.8) is 0 Å². The molecule has 0 bridgehead atoms. The third-order valence-electron chi connectivity index (χ3n) is 6.69. The molecule has 0 unspecified atom stereocenters. The van der Waals surface area contributed by atoms with Gasteiger partial charge in [0.2, 0.25) is 5.66 Å². The minimum Gasteiger partial charge on any atom is -0.314 e. The van der Waals surface area contributed by atoms with E-state index in [-0.39, 0.29) is 0 Å². The molecule has 1 aliphatic heterocycles. The first-order chi connectivity index (χ1) is 18.0. The van der Waals surface area contributed by atoms with Crippen LogP contribution < -0.4 is 10.2 Å². The SMILES string of the molecule is Cc1cccc(NC(=O)ON2C(=O)N(c3cccc(C)c3)C23C(c2ccccc2)=C3c2ccccc2)c1. The zero-order valence-electron chi connectivity index (χ0n) is 20.5. The summed E-state index contributed by atoms with van der Waals surface area (Å²) in [6.45, 7) is 3.93. The topological polar surface area (TPSA) is 61.9 Å². The molecule has 37 heavy (non-hydrogen) atoms. The Morgan fingerprint density at radius 1 is 0.730 bits per heavy atom. The van der Waals surface area contributed by atoms with E-state index in [0.29, 0.717) is 5.69 Å². The van der Waals surface area contributed by atoms with Crippen LogP contribution in [0.15, 0.2) is 109 Å². The number of carbonyl (C=O) groups excluding carboxylic acids is 2. The van der Waals surface area contributed by atoms with Crippen LogP contribution in [0, 0.1) is 13.8 Å². The van der Waals surface area contributed by atoms with Crippen LogP contribution in [-0.4, -0.2) is 22.9 Å². The van der Waals surface area contributed by atoms with Gasteiger partial charge in [0, 0.05) is 22.5 Å². The van der Waals surface area contributed by atoms with Crippen molar-refractivity contribution in [1.29, 1.82) is 0 Å². The van der Waals surface area contributed by atoms with Crippen LogP contribution in [0.5, 0.6) is 0 Å². The monoisotopic (exact) mass is 487 g/mol. The molecular formula is C31H25N3O3. The van der Waals surface area contributed by atoms with E-state index in [1.807, 2.05) is 117 Å². The molecule has 182 valence electrons. The number of aryl methyl sites for hydroxylation is 2. The lowest BCUT2D eigenvalue weighted by Crippen LogP contribution is -2.73. The Morgan fingerprint density at radius 2 is 1.30 bits per heavy atom. The summed E-state index contributed by atoms with van der Waals surface area (Å²) in [4.78, 5) is 34.1. The van der Waals surface area contributed by atoms with E-state index in [4.69, 9.17) is 4.84 Å². The van der Waals surface area contributed by atoms with Crippen molar-refractivity contribution in [2.75, 3.05) is 10.2 Å². The number of nitrogens with zero attached hydrogens (tertiary/aromatic N) is 2. The van der Waals surface area contributed by atoms with Crippen molar-refractivity contribution in [3.8, 4) is 0 Å². The second-order valence-corrected chi connectivity index (χ2v) is 9.28. The lowest BCUT2D eigenvalue weighted by molar-refractivity contribution is -0.108. The summed E-state index contributed by atoms with van der Waals surface area (Å²) in [7, 11) is 0. The molecule has 0 radical (unpaired) electrons. The summed E-state index contributed by atoms with van der Waals surface area (Å²) in [5, 5.41) is 3.95. The number of amides is 3. The van der Waals surface area contributed by atoms with Crippen molar-refractivity contribution in [2.45, 2.75) is 19.5 Å². The molecule has 6 rings (SSSR count). The Morgan fingerprint density at radius 3 is 1.86 bits per heavy atom. The molecular weight excluding hydrogens is 462 g/mol. The highest BCUT2D eigenvalue weighted by Gasteiger charge is 2.75. The molecule has 2 aliphatic rings. The molecule has 0 atom stereocenters. The molecule has 1 N–H and O–H groups in total. The summed E-state index contributed by atoms with van der Waals surface area (Å²) in [5.41, 5.74) is 6.08. The third-order valence-corrected chi connectivity index (χ3v) is 6.69. The second-order valence-electron chi connectivity index (χ2n) is 9.28. The number of hydroxylamine groups is 2. The highest BCUT2D eigenvalue weighted by Crippen LogP contribution is 2.67. The van der Waals surface area contributed by atoms with Crippen LogP contribution in [0.4, 0.5) is 21.0 Å². The quantitative estimate of drug-likeness (QED) is 0.329. The van der Waals surface area contributed by atoms with Gasteiger partial charge in [0.15, 0.2) is 0 Å². The van der Waals surface area contributed by atoms with Crippen LogP contribution in [0.25, 0.3) is 11.1 Å². The van der Waals surface area contributed by atoms with Gasteiger partial charge in [0.05, 0.1) is 0 Å². The Balaban J connectivity index is 1.43. The molecule has 1 heterocycles. The smallest absolute Gasteiger partial charge is 0.314 e. The van der Waals surface area contributed by atoms with Gasteiger partial charge >= 0.3 is 12.1 Å². The summed E-state index contributed by atoms with van der Waals surface area (Å²) in [6.07, 6.45) is -0.728. The highest BCUT2D eigenvalue weighted by atomic mass is 16.7. The predicted octanol–water partition coefficient (Wildman–Crippen LogP) is 7.03. The average molecular weight is 488 g/mol. The zero-order valence-corrected chi connectivity index (χ0v) is 20.5. The van der Waals surface area contributed by atoms with Gasteiger partial charge in [-0.1, -0.05) is 84.9 Å². The van der Waals surface area contributed by atoms with E-state index in [9.17, 15) is 9.59 Å². The molecule has 1 fully saturated rings. The Kier molecular flexibility index (Phi) is 5.30. The largest absolute Gasteiger partial charge is 0.436 e. The first kappa shape index (κ1) is 22.6. The molecule has 3 amide bonds. The first-order valence-corrected chi connectivity index (χ1v) is 12.1. The Bertz CT molecular complexity index is 1500. The summed E-state index contributed by atoms with van der Waals surface area (Å²) in [5.74, 6) is 0. The standard InChI is InChI=1S/C31H25N3O3/c1-21-11-9-17-25(19-21)32-29(35)37-34-30(36)33(26-18-10-12-22(2)20-26)31(34)27(23-13-5-3-6-14-23)28(31)24-15-7-4-8-16-24/h3-20H,1-2H3,(H,32,35). The van der Waals surface area contributed by atoms with Gasteiger partial charge in [0.25, 0.3) is 0 Å². The van der Waals surface area contributed by atoms with Crippen molar-refractivity contribution >= 4 is 34.6 Å². The van der Waals surface area contributed by atoms with Gasteiger partial charge < -0.3 is 4.84 Å². The van der Waals surface area contributed by atoms with E-state index < -0.39 is 17.8 Å². The summed E-state index contributed by atoms with van der Waals surface area (Å²) >= 11 is 0. The first-order valence-electron chi connectivity index (χ1n) is 12.1. The molecule has 1 spiro atoms. The minimum atomic E-state index is -1.04. The van der Waals surface area contributed by atoms with Crippen LogP contribution in [0.3, 0.4) is 0 Å². The molecule has 6 nitrogen and oxygen atoms in total. The van der Waals surface area contributed by atoms with Gasteiger partial charge in [-0.15, -0.1) is 5.06 Å². The van der Waals surface area contributed by atoms with E-state index in [0.717, 1.165) is 39.1 Å². The average Bonchev–Trinajstić information content (AvgIpc) is 3.61.